The first-order chi connectivity index (χ1) is 11.5. The van der Waals surface area contributed by atoms with E-state index in [2.05, 4.69) is 5.32 Å². The molecule has 2 saturated heterocycles. The number of amides is 1. The summed E-state index contributed by atoms with van der Waals surface area (Å²) in [5.74, 6) is -0.142. The van der Waals surface area contributed by atoms with E-state index in [0.717, 1.165) is 25.9 Å². The molecule has 0 saturated carbocycles. The lowest BCUT2D eigenvalue weighted by Gasteiger charge is -2.29. The van der Waals surface area contributed by atoms with Crippen LogP contribution in [0.3, 0.4) is 0 Å². The minimum absolute atomic E-state index is 0.0585. The quantitative estimate of drug-likeness (QED) is 0.878. The number of rotatable bonds is 4. The van der Waals surface area contributed by atoms with Crippen LogP contribution >= 0.6 is 11.6 Å². The molecule has 6 nitrogen and oxygen atoms in total. The molecule has 1 atom stereocenters. The number of hydrogen-bond donors (Lipinski definition) is 1. The maximum atomic E-state index is 12.3. The van der Waals surface area contributed by atoms with E-state index in [1.807, 2.05) is 0 Å². The zero-order valence-electron chi connectivity index (χ0n) is 13.3. The van der Waals surface area contributed by atoms with Gasteiger partial charge < -0.3 is 10.1 Å². The highest BCUT2D eigenvalue weighted by Crippen LogP contribution is 2.31. The zero-order chi connectivity index (χ0) is 17.2. The van der Waals surface area contributed by atoms with Crippen molar-refractivity contribution < 1.29 is 17.9 Å². The zero-order valence-corrected chi connectivity index (χ0v) is 14.9. The Morgan fingerprint density at radius 2 is 2.17 bits per heavy atom. The van der Waals surface area contributed by atoms with Crippen LogP contribution in [0.25, 0.3) is 0 Å². The lowest BCUT2D eigenvalue weighted by atomic mass is 10.1. The number of halogens is 1. The van der Waals surface area contributed by atoms with Gasteiger partial charge >= 0.3 is 0 Å². The third kappa shape index (κ3) is 3.84. The van der Waals surface area contributed by atoms with Gasteiger partial charge in [0, 0.05) is 25.3 Å². The molecule has 1 amide bonds. The highest BCUT2D eigenvalue weighted by molar-refractivity contribution is 7.92. The van der Waals surface area contributed by atoms with Crippen molar-refractivity contribution in [2.24, 2.45) is 0 Å². The second kappa shape index (κ2) is 7.29. The molecule has 2 fully saturated rings. The summed E-state index contributed by atoms with van der Waals surface area (Å²) in [4.78, 5) is 12.3. The molecule has 132 valence electrons. The fraction of sp³-hybridized carbons (Fsp3) is 0.562. The van der Waals surface area contributed by atoms with Crippen molar-refractivity contribution in [3.05, 3.63) is 28.8 Å². The van der Waals surface area contributed by atoms with Crippen LogP contribution in [-0.4, -0.2) is 45.9 Å². The molecule has 0 bridgehead atoms. The predicted molar refractivity (Wildman–Crippen MR) is 93.1 cm³/mol. The number of carbonyl (C=O) groups is 1. The molecule has 24 heavy (non-hydrogen) atoms. The van der Waals surface area contributed by atoms with Gasteiger partial charge in [0.2, 0.25) is 10.0 Å². The number of carbonyl (C=O) groups excluding carboxylic acids is 1. The highest BCUT2D eigenvalue weighted by atomic mass is 35.5. The third-order valence-corrected chi connectivity index (χ3v) is 6.52. The standard InChI is InChI=1S/C16H21ClN2O4S/c17-14-6-5-12(16(20)18-11-13-4-3-8-23-13)10-15(14)19-7-1-2-9-24(19,21)22/h5-6,10,13H,1-4,7-9,11H2,(H,18,20)/t13-/m0/s1. The Morgan fingerprint density at radius 3 is 2.88 bits per heavy atom. The van der Waals surface area contributed by atoms with Gasteiger partial charge in [-0.25, -0.2) is 8.42 Å². The Morgan fingerprint density at radius 1 is 1.33 bits per heavy atom. The fourth-order valence-corrected chi connectivity index (χ4v) is 4.94. The van der Waals surface area contributed by atoms with Crippen LogP contribution < -0.4 is 9.62 Å². The summed E-state index contributed by atoms with van der Waals surface area (Å²) in [7, 11) is -3.37. The van der Waals surface area contributed by atoms with Crippen molar-refractivity contribution in [1.29, 1.82) is 0 Å². The van der Waals surface area contributed by atoms with E-state index >= 15 is 0 Å². The van der Waals surface area contributed by atoms with Crippen LogP contribution in [0, 0.1) is 0 Å². The maximum absolute atomic E-state index is 12.3. The monoisotopic (exact) mass is 372 g/mol. The second-order valence-electron chi connectivity index (χ2n) is 6.11. The van der Waals surface area contributed by atoms with Gasteiger partial charge in [-0.05, 0) is 43.9 Å². The SMILES string of the molecule is O=C(NC[C@@H]1CCCO1)c1ccc(Cl)c(N2CCCCS2(=O)=O)c1. The first-order valence-corrected chi connectivity index (χ1v) is 10.2. The minimum atomic E-state index is -3.37. The number of benzene rings is 1. The van der Waals surface area contributed by atoms with E-state index in [-0.39, 0.29) is 17.8 Å². The lowest BCUT2D eigenvalue weighted by molar-refractivity contribution is 0.0858. The van der Waals surface area contributed by atoms with Crippen LogP contribution in [0.1, 0.15) is 36.0 Å². The molecule has 2 aliphatic heterocycles. The maximum Gasteiger partial charge on any atom is 0.251 e. The van der Waals surface area contributed by atoms with Gasteiger partial charge in [0.1, 0.15) is 0 Å². The summed E-state index contributed by atoms with van der Waals surface area (Å²) in [5.41, 5.74) is 0.773. The number of nitrogens with one attached hydrogen (secondary N) is 1. The summed E-state index contributed by atoms with van der Waals surface area (Å²) < 4.78 is 31.3. The van der Waals surface area contributed by atoms with Crippen molar-refractivity contribution in [1.82, 2.24) is 5.32 Å². The molecular formula is C16H21ClN2O4S. The van der Waals surface area contributed by atoms with E-state index in [1.54, 1.807) is 18.2 Å². The van der Waals surface area contributed by atoms with Gasteiger partial charge in [0.15, 0.2) is 0 Å². The minimum Gasteiger partial charge on any atom is -0.376 e. The Kier molecular flexibility index (Phi) is 5.32. The van der Waals surface area contributed by atoms with Crippen LogP contribution in [0.5, 0.6) is 0 Å². The van der Waals surface area contributed by atoms with E-state index in [4.69, 9.17) is 16.3 Å². The number of hydrogen-bond acceptors (Lipinski definition) is 4. The summed E-state index contributed by atoms with van der Waals surface area (Å²) >= 11 is 6.18. The van der Waals surface area contributed by atoms with Crippen molar-refractivity contribution in [2.75, 3.05) is 29.8 Å². The molecule has 8 heteroatoms. The van der Waals surface area contributed by atoms with E-state index in [0.29, 0.717) is 35.8 Å². The molecule has 1 aromatic carbocycles. The largest absolute Gasteiger partial charge is 0.376 e. The van der Waals surface area contributed by atoms with Gasteiger partial charge in [0.05, 0.1) is 22.6 Å². The van der Waals surface area contributed by atoms with Gasteiger partial charge in [-0.2, -0.15) is 0 Å². The molecule has 0 spiro atoms. The topological polar surface area (TPSA) is 75.7 Å². The number of ether oxygens (including phenoxy) is 1. The first-order valence-electron chi connectivity index (χ1n) is 8.17. The molecule has 0 unspecified atom stereocenters. The average Bonchev–Trinajstić information content (AvgIpc) is 3.06. The molecule has 0 aliphatic carbocycles. The lowest BCUT2D eigenvalue weighted by Crippen LogP contribution is -2.38. The smallest absolute Gasteiger partial charge is 0.251 e. The Balaban J connectivity index is 1.76. The summed E-state index contributed by atoms with van der Waals surface area (Å²) in [6, 6.07) is 4.73. The van der Waals surface area contributed by atoms with Gasteiger partial charge in [0.25, 0.3) is 5.91 Å². The van der Waals surface area contributed by atoms with Gasteiger partial charge in [-0.15, -0.1) is 0 Å². The van der Waals surface area contributed by atoms with Crippen molar-refractivity contribution >= 4 is 33.2 Å². The van der Waals surface area contributed by atoms with Crippen molar-refractivity contribution in [2.45, 2.75) is 31.8 Å². The molecule has 2 aliphatic rings. The van der Waals surface area contributed by atoms with Crippen LogP contribution in [0.4, 0.5) is 5.69 Å². The van der Waals surface area contributed by atoms with Crippen LogP contribution in [-0.2, 0) is 14.8 Å². The molecule has 1 aromatic rings. The molecule has 2 heterocycles. The Bertz CT molecular complexity index is 717. The van der Waals surface area contributed by atoms with Crippen LogP contribution in [0.2, 0.25) is 5.02 Å². The Hall–Kier alpha value is -1.31. The van der Waals surface area contributed by atoms with E-state index in [1.165, 1.54) is 4.31 Å². The summed E-state index contributed by atoms with van der Waals surface area (Å²) in [6.45, 7) is 1.58. The van der Waals surface area contributed by atoms with E-state index < -0.39 is 10.0 Å². The highest BCUT2D eigenvalue weighted by Gasteiger charge is 2.28. The van der Waals surface area contributed by atoms with Gasteiger partial charge in [-0.1, -0.05) is 11.6 Å². The first kappa shape index (κ1) is 17.5. The molecule has 3 rings (SSSR count). The fourth-order valence-electron chi connectivity index (χ4n) is 3.02. The number of anilines is 1. The summed E-state index contributed by atoms with van der Waals surface area (Å²) in [6.07, 6.45) is 3.45. The normalized spacial score (nSPS) is 23.2. The summed E-state index contributed by atoms with van der Waals surface area (Å²) in [5, 5.41) is 3.17. The molecule has 0 aromatic heterocycles. The molecule has 0 radical (unpaired) electrons. The average molecular weight is 373 g/mol. The molecular weight excluding hydrogens is 352 g/mol. The second-order valence-corrected chi connectivity index (χ2v) is 8.53. The Labute approximate surface area is 147 Å². The van der Waals surface area contributed by atoms with E-state index in [9.17, 15) is 13.2 Å². The van der Waals surface area contributed by atoms with Crippen LogP contribution in [0.15, 0.2) is 18.2 Å². The van der Waals surface area contributed by atoms with Crippen molar-refractivity contribution in [3.8, 4) is 0 Å². The number of nitrogens with zero attached hydrogens (tertiary/aromatic N) is 1. The van der Waals surface area contributed by atoms with Crippen molar-refractivity contribution in [3.63, 3.8) is 0 Å². The number of sulfonamides is 1. The third-order valence-electron chi connectivity index (χ3n) is 4.34. The molecule has 1 N–H and O–H groups in total. The predicted octanol–water partition coefficient (Wildman–Crippen LogP) is 2.18. The van der Waals surface area contributed by atoms with Gasteiger partial charge in [-0.3, -0.25) is 9.10 Å².